The molecule has 0 saturated carbocycles. The van der Waals surface area contributed by atoms with Crippen LogP contribution in [0, 0.1) is 0 Å². The lowest BCUT2D eigenvalue weighted by Gasteiger charge is -2.29. The maximum atomic E-state index is 11.3. The fourth-order valence-electron chi connectivity index (χ4n) is 1.26. The third kappa shape index (κ3) is 4.07. The minimum Gasteiger partial charge on any atom is -0.373 e. The molecule has 6 heteroatoms. The Labute approximate surface area is 85.9 Å². The maximum absolute atomic E-state index is 11.3. The van der Waals surface area contributed by atoms with Crippen LogP contribution in [0.4, 0.5) is 0 Å². The van der Waals surface area contributed by atoms with Crippen molar-refractivity contribution in [1.29, 1.82) is 0 Å². The predicted molar refractivity (Wildman–Crippen MR) is 55.9 cm³/mol. The summed E-state index contributed by atoms with van der Waals surface area (Å²) in [6.45, 7) is 2.95. The van der Waals surface area contributed by atoms with Crippen LogP contribution >= 0.6 is 8.18 Å². The van der Waals surface area contributed by atoms with Crippen LogP contribution in [-0.2, 0) is 13.8 Å². The number of rotatable bonds is 4. The van der Waals surface area contributed by atoms with E-state index >= 15 is 0 Å². The van der Waals surface area contributed by atoms with Gasteiger partial charge in [0.25, 0.3) is 8.18 Å². The van der Waals surface area contributed by atoms with Crippen molar-refractivity contribution >= 4 is 8.18 Å². The molecule has 0 bridgehead atoms. The second kappa shape index (κ2) is 5.83. The van der Waals surface area contributed by atoms with Crippen LogP contribution in [-0.4, -0.2) is 63.1 Å². The molecule has 0 aliphatic carbocycles. The molecule has 1 fully saturated rings. The van der Waals surface area contributed by atoms with Crippen LogP contribution in [0.1, 0.15) is 0 Å². The largest absolute Gasteiger partial charge is 0.373 e. The Morgan fingerprint density at radius 3 is 2.93 bits per heavy atom. The lowest BCUT2D eigenvalue weighted by Crippen LogP contribution is -2.41. The summed E-state index contributed by atoms with van der Waals surface area (Å²) in [6, 6.07) is 0. The van der Waals surface area contributed by atoms with Gasteiger partial charge < -0.3 is 14.2 Å². The Kier molecular flexibility index (Phi) is 5.06. The van der Waals surface area contributed by atoms with E-state index in [1.54, 1.807) is 18.8 Å². The van der Waals surface area contributed by atoms with Gasteiger partial charge in [0.2, 0.25) is 0 Å². The van der Waals surface area contributed by atoms with E-state index in [2.05, 4.69) is 4.90 Å². The lowest BCUT2D eigenvalue weighted by molar-refractivity contribution is -0.0399. The zero-order valence-electron chi connectivity index (χ0n) is 9.02. The molecule has 0 aromatic rings. The van der Waals surface area contributed by atoms with Crippen LogP contribution in [0.5, 0.6) is 0 Å². The molecule has 1 heterocycles. The molecule has 2 atom stereocenters. The molecule has 0 aromatic heterocycles. The molecule has 0 amide bonds. The van der Waals surface area contributed by atoms with E-state index in [4.69, 9.17) is 9.26 Å². The first kappa shape index (κ1) is 12.1. The van der Waals surface area contributed by atoms with E-state index in [1.807, 2.05) is 7.05 Å². The van der Waals surface area contributed by atoms with Gasteiger partial charge in [-0.25, -0.2) is 4.67 Å². The fraction of sp³-hybridized carbons (Fsp3) is 1.00. The first-order chi connectivity index (χ1) is 6.59. The van der Waals surface area contributed by atoms with E-state index in [1.165, 1.54) is 0 Å². The Bertz CT molecular complexity index is 201. The summed E-state index contributed by atoms with van der Waals surface area (Å²) in [4.78, 5) is 2.18. The Morgan fingerprint density at radius 1 is 1.64 bits per heavy atom. The van der Waals surface area contributed by atoms with Crippen LogP contribution in [0.25, 0.3) is 0 Å². The first-order valence-electron chi connectivity index (χ1n) is 4.74. The van der Waals surface area contributed by atoms with Crippen molar-refractivity contribution in [3.8, 4) is 0 Å². The monoisotopic (exact) mass is 222 g/mol. The zero-order valence-corrected chi connectivity index (χ0v) is 10.0. The van der Waals surface area contributed by atoms with E-state index in [0.29, 0.717) is 6.61 Å². The van der Waals surface area contributed by atoms with Crippen molar-refractivity contribution in [2.24, 2.45) is 0 Å². The third-order valence-electron chi connectivity index (χ3n) is 2.10. The molecule has 0 aromatic carbocycles. The van der Waals surface area contributed by atoms with Gasteiger partial charge in [-0.2, -0.15) is 0 Å². The van der Waals surface area contributed by atoms with E-state index in [-0.39, 0.29) is 6.10 Å². The van der Waals surface area contributed by atoms with Gasteiger partial charge in [0.1, 0.15) is 0 Å². The standard InChI is InChI=1S/C8H19N2O3P/c1-9(2)14(11)13-7-8-6-10(3)4-5-12-8/h8,14H,4-7H2,1-3H3/t8-/m0/s1. The van der Waals surface area contributed by atoms with Crippen LogP contribution in [0.15, 0.2) is 0 Å². The molecule has 0 spiro atoms. The van der Waals surface area contributed by atoms with Gasteiger partial charge in [-0.15, -0.1) is 0 Å². The highest BCUT2D eigenvalue weighted by molar-refractivity contribution is 7.36. The highest BCUT2D eigenvalue weighted by Crippen LogP contribution is 2.24. The number of likely N-dealkylation sites (N-methyl/N-ethyl adjacent to an activating group) is 1. The molecular weight excluding hydrogens is 203 g/mol. The molecule has 0 N–H and O–H groups in total. The zero-order chi connectivity index (χ0) is 10.6. The van der Waals surface area contributed by atoms with Gasteiger partial charge in [-0.1, -0.05) is 0 Å². The second-order valence-electron chi connectivity index (χ2n) is 3.73. The van der Waals surface area contributed by atoms with Crippen molar-refractivity contribution in [3.63, 3.8) is 0 Å². The summed E-state index contributed by atoms with van der Waals surface area (Å²) in [5.41, 5.74) is 0. The molecule has 1 rings (SSSR count). The van der Waals surface area contributed by atoms with E-state index < -0.39 is 8.18 Å². The number of hydrogen-bond donors (Lipinski definition) is 0. The molecule has 1 aliphatic rings. The number of ether oxygens (including phenoxy) is 1. The molecule has 1 unspecified atom stereocenters. The van der Waals surface area contributed by atoms with Gasteiger partial charge >= 0.3 is 0 Å². The van der Waals surface area contributed by atoms with E-state index in [9.17, 15) is 4.57 Å². The van der Waals surface area contributed by atoms with Crippen molar-refractivity contribution in [2.45, 2.75) is 6.10 Å². The minimum atomic E-state index is -2.04. The Morgan fingerprint density at radius 2 is 2.36 bits per heavy atom. The van der Waals surface area contributed by atoms with Gasteiger partial charge in [-0.05, 0) is 21.1 Å². The summed E-state index contributed by atoms with van der Waals surface area (Å²) in [5.74, 6) is 0. The van der Waals surface area contributed by atoms with Crippen LogP contribution < -0.4 is 0 Å². The Hall–Kier alpha value is 0.0700. The lowest BCUT2D eigenvalue weighted by atomic mass is 10.3. The number of hydrogen-bond acceptors (Lipinski definition) is 4. The third-order valence-corrected chi connectivity index (χ3v) is 3.24. The second-order valence-corrected chi connectivity index (χ2v) is 5.44. The molecule has 5 nitrogen and oxygen atoms in total. The normalized spacial score (nSPS) is 26.7. The van der Waals surface area contributed by atoms with Crippen molar-refractivity contribution in [3.05, 3.63) is 0 Å². The summed E-state index contributed by atoms with van der Waals surface area (Å²) in [6.07, 6.45) is 0.0580. The fourth-order valence-corrected chi connectivity index (χ4v) is 1.85. The molecule has 1 aliphatic heterocycles. The highest BCUT2D eigenvalue weighted by Gasteiger charge is 2.18. The van der Waals surface area contributed by atoms with E-state index in [0.717, 1.165) is 19.7 Å². The smallest absolute Gasteiger partial charge is 0.260 e. The number of nitrogens with zero attached hydrogens (tertiary/aromatic N) is 2. The topological polar surface area (TPSA) is 42.0 Å². The first-order valence-corrected chi connectivity index (χ1v) is 6.00. The summed E-state index contributed by atoms with van der Waals surface area (Å²) in [5, 5.41) is 0. The average molecular weight is 222 g/mol. The van der Waals surface area contributed by atoms with Gasteiger partial charge in [0.15, 0.2) is 0 Å². The van der Waals surface area contributed by atoms with Gasteiger partial charge in [-0.3, -0.25) is 4.57 Å². The Balaban J connectivity index is 2.20. The van der Waals surface area contributed by atoms with Crippen molar-refractivity contribution < 1.29 is 13.8 Å². The molecule has 1 saturated heterocycles. The van der Waals surface area contributed by atoms with Gasteiger partial charge in [0, 0.05) is 13.1 Å². The SMILES string of the molecule is CN1CCO[C@H](CO[PH](=O)N(C)C)C1. The van der Waals surface area contributed by atoms with Crippen molar-refractivity contribution in [1.82, 2.24) is 9.57 Å². The quantitative estimate of drug-likeness (QED) is 0.639. The molecular formula is C8H19N2O3P. The minimum absolute atomic E-state index is 0.0580. The molecule has 14 heavy (non-hydrogen) atoms. The molecule has 84 valence electrons. The maximum Gasteiger partial charge on any atom is 0.260 e. The summed E-state index contributed by atoms with van der Waals surface area (Å²) >= 11 is 0. The summed E-state index contributed by atoms with van der Waals surface area (Å²) in [7, 11) is 3.50. The van der Waals surface area contributed by atoms with Crippen molar-refractivity contribution in [2.75, 3.05) is 47.4 Å². The average Bonchev–Trinajstić information content (AvgIpc) is 2.14. The summed E-state index contributed by atoms with van der Waals surface area (Å²) < 4.78 is 23.6. The highest BCUT2D eigenvalue weighted by atomic mass is 31.1. The molecule has 0 radical (unpaired) electrons. The van der Waals surface area contributed by atoms with Crippen LogP contribution in [0.2, 0.25) is 0 Å². The van der Waals surface area contributed by atoms with Gasteiger partial charge in [0.05, 0.1) is 19.3 Å². The predicted octanol–water partition coefficient (Wildman–Crippen LogP) is 0.285. The number of morpholine rings is 1. The van der Waals surface area contributed by atoms with Crippen LogP contribution in [0.3, 0.4) is 0 Å².